The first-order chi connectivity index (χ1) is 11.5. The summed E-state index contributed by atoms with van der Waals surface area (Å²) < 4.78 is 18.2. The number of rotatable bonds is 3. The highest BCUT2D eigenvalue weighted by molar-refractivity contribution is 6.42. The number of aliphatic imine (C=N–C) groups is 1. The number of hydrogen-bond donors (Lipinski definition) is 0. The van der Waals surface area contributed by atoms with E-state index in [1.807, 2.05) is 0 Å². The van der Waals surface area contributed by atoms with Crippen LogP contribution in [0.4, 0.5) is 4.39 Å². The van der Waals surface area contributed by atoms with Crippen LogP contribution < -0.4 is 0 Å². The molecule has 0 atom stereocenters. The Labute approximate surface area is 147 Å². The van der Waals surface area contributed by atoms with Gasteiger partial charge in [-0.3, -0.25) is 0 Å². The normalized spacial score (nSPS) is 15.9. The molecule has 3 nitrogen and oxygen atoms in total. The summed E-state index contributed by atoms with van der Waals surface area (Å²) >= 11 is 12.0. The van der Waals surface area contributed by atoms with E-state index in [0.717, 1.165) is 0 Å². The molecule has 120 valence electrons. The van der Waals surface area contributed by atoms with Crippen molar-refractivity contribution >= 4 is 47.2 Å². The highest BCUT2D eigenvalue weighted by atomic mass is 35.5. The maximum absolute atomic E-state index is 13.2. The van der Waals surface area contributed by atoms with Gasteiger partial charge in [0, 0.05) is 6.08 Å². The Kier molecular flexibility index (Phi) is 4.79. The van der Waals surface area contributed by atoms with Crippen LogP contribution in [0.15, 0.2) is 59.2 Å². The molecule has 3 rings (SSSR count). The van der Waals surface area contributed by atoms with Crippen molar-refractivity contribution in [3.63, 3.8) is 0 Å². The molecule has 1 heterocycles. The average Bonchev–Trinajstić information content (AvgIpc) is 2.89. The third-order valence-electron chi connectivity index (χ3n) is 3.18. The quantitative estimate of drug-likeness (QED) is 0.560. The number of carbonyl (C=O) groups is 1. The van der Waals surface area contributed by atoms with Crippen LogP contribution in [0.2, 0.25) is 10.0 Å². The van der Waals surface area contributed by atoms with E-state index in [1.54, 1.807) is 36.4 Å². The average molecular weight is 362 g/mol. The molecule has 0 saturated heterocycles. The van der Waals surface area contributed by atoms with E-state index in [-0.39, 0.29) is 11.6 Å². The van der Waals surface area contributed by atoms with Crippen LogP contribution in [0.5, 0.6) is 0 Å². The molecule has 2 aromatic rings. The molecule has 1 aliphatic rings. The molecule has 24 heavy (non-hydrogen) atoms. The van der Waals surface area contributed by atoms with Crippen molar-refractivity contribution in [3.8, 4) is 0 Å². The number of halogens is 3. The second-order valence-electron chi connectivity index (χ2n) is 4.90. The standard InChI is InChI=1S/C18H10Cl2FNO2/c19-14-6-2-4-12(17(14)20)7-8-16-22-15(18(23)24-16)10-11-3-1-5-13(21)9-11/h1-10H. The van der Waals surface area contributed by atoms with Gasteiger partial charge in [0.1, 0.15) is 5.82 Å². The fourth-order valence-corrected chi connectivity index (χ4v) is 2.43. The summed E-state index contributed by atoms with van der Waals surface area (Å²) in [5.74, 6) is -0.870. The number of esters is 1. The number of ether oxygens (including phenoxy) is 1. The van der Waals surface area contributed by atoms with Crippen molar-refractivity contribution in [2.45, 2.75) is 0 Å². The van der Waals surface area contributed by atoms with Gasteiger partial charge < -0.3 is 4.74 Å². The summed E-state index contributed by atoms with van der Waals surface area (Å²) in [5.41, 5.74) is 1.29. The fraction of sp³-hybridized carbons (Fsp3) is 0. The van der Waals surface area contributed by atoms with Gasteiger partial charge in [-0.1, -0.05) is 47.5 Å². The molecular formula is C18H10Cl2FNO2. The van der Waals surface area contributed by atoms with Crippen LogP contribution in [0.1, 0.15) is 11.1 Å². The van der Waals surface area contributed by atoms with Crippen LogP contribution in [-0.2, 0) is 9.53 Å². The lowest BCUT2D eigenvalue weighted by Crippen LogP contribution is -2.01. The van der Waals surface area contributed by atoms with E-state index in [1.165, 1.54) is 24.3 Å². The van der Waals surface area contributed by atoms with Crippen molar-refractivity contribution in [1.29, 1.82) is 0 Å². The number of cyclic esters (lactones) is 1. The lowest BCUT2D eigenvalue weighted by molar-refractivity contribution is -0.129. The lowest BCUT2D eigenvalue weighted by atomic mass is 10.2. The summed E-state index contributed by atoms with van der Waals surface area (Å²) in [6.45, 7) is 0. The van der Waals surface area contributed by atoms with Gasteiger partial charge in [0.15, 0.2) is 5.70 Å². The SMILES string of the molecule is O=C1OC(C=Cc2cccc(Cl)c2Cl)=NC1=Cc1cccc(F)c1. The van der Waals surface area contributed by atoms with Crippen LogP contribution in [0.3, 0.4) is 0 Å². The van der Waals surface area contributed by atoms with Crippen LogP contribution in [0.25, 0.3) is 12.2 Å². The van der Waals surface area contributed by atoms with E-state index < -0.39 is 11.8 Å². The summed E-state index contributed by atoms with van der Waals surface area (Å²) in [5, 5.41) is 0.826. The molecule has 2 aromatic carbocycles. The van der Waals surface area contributed by atoms with E-state index >= 15 is 0 Å². The Hall–Kier alpha value is -2.43. The smallest absolute Gasteiger partial charge is 0.363 e. The first-order valence-electron chi connectivity index (χ1n) is 6.93. The zero-order valence-corrected chi connectivity index (χ0v) is 13.7. The molecule has 0 radical (unpaired) electrons. The Morgan fingerprint density at radius 3 is 2.67 bits per heavy atom. The molecule has 1 aliphatic heterocycles. The predicted octanol–water partition coefficient (Wildman–Crippen LogP) is 5.14. The van der Waals surface area contributed by atoms with E-state index in [4.69, 9.17) is 27.9 Å². The molecular weight excluding hydrogens is 352 g/mol. The van der Waals surface area contributed by atoms with Gasteiger partial charge >= 0.3 is 5.97 Å². The molecule has 0 fully saturated rings. The largest absolute Gasteiger partial charge is 0.403 e. The Morgan fingerprint density at radius 1 is 1.08 bits per heavy atom. The maximum Gasteiger partial charge on any atom is 0.363 e. The third kappa shape index (κ3) is 3.72. The third-order valence-corrected chi connectivity index (χ3v) is 4.01. The van der Waals surface area contributed by atoms with Gasteiger partial charge in [-0.2, -0.15) is 0 Å². The predicted molar refractivity (Wildman–Crippen MR) is 93.4 cm³/mol. The minimum atomic E-state index is -0.601. The van der Waals surface area contributed by atoms with Crippen molar-refractivity contribution in [2.75, 3.05) is 0 Å². The number of nitrogens with zero attached hydrogens (tertiary/aromatic N) is 1. The van der Waals surface area contributed by atoms with Crippen molar-refractivity contribution < 1.29 is 13.9 Å². The first kappa shape index (κ1) is 16.4. The Balaban J connectivity index is 1.84. The van der Waals surface area contributed by atoms with Gasteiger partial charge in [-0.15, -0.1) is 0 Å². The molecule has 0 amide bonds. The second kappa shape index (κ2) is 6.99. The lowest BCUT2D eigenvalue weighted by Gasteiger charge is -1.99. The zero-order chi connectivity index (χ0) is 17.1. The van der Waals surface area contributed by atoms with Gasteiger partial charge in [0.05, 0.1) is 10.0 Å². The van der Waals surface area contributed by atoms with E-state index in [2.05, 4.69) is 4.99 Å². The second-order valence-corrected chi connectivity index (χ2v) is 5.69. The number of carbonyl (C=O) groups excluding carboxylic acids is 1. The van der Waals surface area contributed by atoms with Gasteiger partial charge in [0.2, 0.25) is 5.90 Å². The van der Waals surface area contributed by atoms with E-state index in [9.17, 15) is 9.18 Å². The monoisotopic (exact) mass is 361 g/mol. The first-order valence-corrected chi connectivity index (χ1v) is 7.69. The highest BCUT2D eigenvalue weighted by Crippen LogP contribution is 2.26. The molecule has 0 bridgehead atoms. The summed E-state index contributed by atoms with van der Waals surface area (Å²) in [6, 6.07) is 11.0. The molecule has 0 spiro atoms. The van der Waals surface area contributed by atoms with Gasteiger partial charge in [-0.05, 0) is 41.5 Å². The molecule has 0 N–H and O–H groups in total. The van der Waals surface area contributed by atoms with Crippen molar-refractivity contribution in [1.82, 2.24) is 0 Å². The number of hydrogen-bond acceptors (Lipinski definition) is 3. The molecule has 0 unspecified atom stereocenters. The highest BCUT2D eigenvalue weighted by Gasteiger charge is 2.21. The van der Waals surface area contributed by atoms with Crippen LogP contribution >= 0.6 is 23.2 Å². The summed E-state index contributed by atoms with van der Waals surface area (Å²) in [4.78, 5) is 15.9. The zero-order valence-electron chi connectivity index (χ0n) is 12.2. The Bertz CT molecular complexity index is 904. The summed E-state index contributed by atoms with van der Waals surface area (Å²) in [7, 11) is 0. The van der Waals surface area contributed by atoms with Crippen molar-refractivity contribution in [3.05, 3.63) is 81.2 Å². The topological polar surface area (TPSA) is 38.7 Å². The Morgan fingerprint density at radius 2 is 1.88 bits per heavy atom. The van der Waals surface area contributed by atoms with Gasteiger partial charge in [-0.25, -0.2) is 14.2 Å². The maximum atomic E-state index is 13.2. The minimum absolute atomic E-state index is 0.0949. The van der Waals surface area contributed by atoms with Crippen LogP contribution in [-0.4, -0.2) is 11.9 Å². The molecule has 0 saturated carbocycles. The summed E-state index contributed by atoms with van der Waals surface area (Å²) in [6.07, 6.45) is 4.62. The minimum Gasteiger partial charge on any atom is -0.403 e. The number of benzene rings is 2. The molecule has 6 heteroatoms. The van der Waals surface area contributed by atoms with Crippen LogP contribution in [0, 0.1) is 5.82 Å². The fourth-order valence-electron chi connectivity index (χ4n) is 2.06. The molecule has 0 aromatic heterocycles. The van der Waals surface area contributed by atoms with E-state index in [0.29, 0.717) is 21.2 Å². The van der Waals surface area contributed by atoms with Gasteiger partial charge in [0.25, 0.3) is 0 Å². The molecule has 0 aliphatic carbocycles. The van der Waals surface area contributed by atoms with Crippen molar-refractivity contribution in [2.24, 2.45) is 4.99 Å².